The minimum atomic E-state index is 0.0717. The maximum absolute atomic E-state index is 10.8. The van der Waals surface area contributed by atoms with E-state index in [9.17, 15) is 4.79 Å². The molecule has 1 aromatic heterocycles. The van der Waals surface area contributed by atoms with Gasteiger partial charge in [-0.2, -0.15) is 0 Å². The van der Waals surface area contributed by atoms with Gasteiger partial charge in [-0.3, -0.25) is 4.79 Å². The predicted octanol–water partition coefficient (Wildman–Crippen LogP) is 1.74. The molecule has 14 heavy (non-hydrogen) atoms. The van der Waals surface area contributed by atoms with Gasteiger partial charge in [0, 0.05) is 12.2 Å². The fourth-order valence-electron chi connectivity index (χ4n) is 1.93. The van der Waals surface area contributed by atoms with Crippen LogP contribution in [0.2, 0.25) is 0 Å². The van der Waals surface area contributed by atoms with E-state index in [0.29, 0.717) is 0 Å². The standard InChI is InChI=1S/C11H14N2O/c1-8(14)5-6-10-11-4-3-7-13(11)9(2)12-10/h5-6H,3-4,7H2,1-2H3/b6-5+. The van der Waals surface area contributed by atoms with Gasteiger partial charge in [-0.05, 0) is 38.8 Å². The number of imidazole rings is 1. The lowest BCUT2D eigenvalue weighted by molar-refractivity contribution is -0.112. The summed E-state index contributed by atoms with van der Waals surface area (Å²) in [6, 6.07) is 0. The minimum absolute atomic E-state index is 0.0717. The molecule has 1 aliphatic heterocycles. The molecule has 0 spiro atoms. The van der Waals surface area contributed by atoms with Crippen LogP contribution in [0, 0.1) is 6.92 Å². The number of aryl methyl sites for hydroxylation is 1. The molecule has 0 saturated heterocycles. The lowest BCUT2D eigenvalue weighted by Gasteiger charge is -1.95. The Morgan fingerprint density at radius 3 is 3.07 bits per heavy atom. The van der Waals surface area contributed by atoms with Crippen molar-refractivity contribution in [3.63, 3.8) is 0 Å². The molecule has 0 aromatic carbocycles. The van der Waals surface area contributed by atoms with Gasteiger partial charge >= 0.3 is 0 Å². The molecule has 0 bridgehead atoms. The van der Waals surface area contributed by atoms with Crippen molar-refractivity contribution in [3.8, 4) is 0 Å². The zero-order valence-electron chi connectivity index (χ0n) is 8.58. The molecule has 0 N–H and O–H groups in total. The number of hydrogen-bond acceptors (Lipinski definition) is 2. The average molecular weight is 190 g/mol. The Balaban J connectivity index is 2.35. The van der Waals surface area contributed by atoms with E-state index < -0.39 is 0 Å². The number of hydrogen-bond donors (Lipinski definition) is 0. The van der Waals surface area contributed by atoms with Gasteiger partial charge in [0.05, 0.1) is 5.69 Å². The van der Waals surface area contributed by atoms with Gasteiger partial charge in [-0.1, -0.05) is 0 Å². The Kier molecular flexibility index (Phi) is 2.23. The fourth-order valence-corrected chi connectivity index (χ4v) is 1.93. The summed E-state index contributed by atoms with van der Waals surface area (Å²) in [6.45, 7) is 4.64. The normalized spacial score (nSPS) is 15.0. The molecular weight excluding hydrogens is 176 g/mol. The molecule has 0 fully saturated rings. The summed E-state index contributed by atoms with van der Waals surface area (Å²) >= 11 is 0. The monoisotopic (exact) mass is 190 g/mol. The Morgan fingerprint density at radius 2 is 2.36 bits per heavy atom. The van der Waals surface area contributed by atoms with Crippen LogP contribution in [0.15, 0.2) is 6.08 Å². The van der Waals surface area contributed by atoms with Crippen molar-refractivity contribution < 1.29 is 4.79 Å². The molecule has 0 aliphatic carbocycles. The molecule has 0 radical (unpaired) electrons. The molecule has 2 rings (SSSR count). The van der Waals surface area contributed by atoms with Crippen LogP contribution in [-0.2, 0) is 17.8 Å². The van der Waals surface area contributed by atoms with Crippen LogP contribution < -0.4 is 0 Å². The van der Waals surface area contributed by atoms with E-state index in [4.69, 9.17) is 0 Å². The summed E-state index contributed by atoms with van der Waals surface area (Å²) < 4.78 is 2.24. The first-order chi connectivity index (χ1) is 6.68. The topological polar surface area (TPSA) is 34.9 Å². The highest BCUT2D eigenvalue weighted by Gasteiger charge is 2.17. The zero-order chi connectivity index (χ0) is 10.1. The van der Waals surface area contributed by atoms with E-state index >= 15 is 0 Å². The Morgan fingerprint density at radius 1 is 1.57 bits per heavy atom. The number of carbonyl (C=O) groups is 1. The van der Waals surface area contributed by atoms with Crippen molar-refractivity contribution >= 4 is 11.9 Å². The molecule has 1 aliphatic rings. The maximum Gasteiger partial charge on any atom is 0.152 e. The highest BCUT2D eigenvalue weighted by molar-refractivity contribution is 5.91. The minimum Gasteiger partial charge on any atom is -0.332 e. The smallest absolute Gasteiger partial charge is 0.152 e. The third-order valence-corrected chi connectivity index (χ3v) is 2.57. The van der Waals surface area contributed by atoms with Crippen molar-refractivity contribution in [1.82, 2.24) is 9.55 Å². The first-order valence-electron chi connectivity index (χ1n) is 4.93. The van der Waals surface area contributed by atoms with Crippen LogP contribution >= 0.6 is 0 Å². The summed E-state index contributed by atoms with van der Waals surface area (Å²) in [4.78, 5) is 15.2. The summed E-state index contributed by atoms with van der Waals surface area (Å²) in [6.07, 6.45) is 5.69. The van der Waals surface area contributed by atoms with E-state index in [1.54, 1.807) is 13.0 Å². The third kappa shape index (κ3) is 1.50. The van der Waals surface area contributed by atoms with Crippen molar-refractivity contribution in [2.24, 2.45) is 0 Å². The number of aromatic nitrogens is 2. The second-order valence-corrected chi connectivity index (χ2v) is 3.69. The molecule has 0 unspecified atom stereocenters. The molecule has 2 heterocycles. The van der Waals surface area contributed by atoms with Crippen molar-refractivity contribution in [2.75, 3.05) is 0 Å². The average Bonchev–Trinajstić information content (AvgIpc) is 2.67. The number of nitrogens with zero attached hydrogens (tertiary/aromatic N) is 2. The van der Waals surface area contributed by atoms with E-state index in [1.807, 2.05) is 13.0 Å². The van der Waals surface area contributed by atoms with Crippen LogP contribution in [0.1, 0.15) is 30.6 Å². The summed E-state index contributed by atoms with van der Waals surface area (Å²) in [5.74, 6) is 1.13. The molecule has 0 saturated carbocycles. The largest absolute Gasteiger partial charge is 0.332 e. The maximum atomic E-state index is 10.8. The van der Waals surface area contributed by atoms with Crippen molar-refractivity contribution in [1.29, 1.82) is 0 Å². The molecule has 74 valence electrons. The zero-order valence-corrected chi connectivity index (χ0v) is 8.58. The van der Waals surface area contributed by atoms with Crippen LogP contribution in [0.25, 0.3) is 6.08 Å². The van der Waals surface area contributed by atoms with Gasteiger partial charge < -0.3 is 4.57 Å². The first kappa shape index (κ1) is 9.19. The van der Waals surface area contributed by atoms with Gasteiger partial charge in [0.1, 0.15) is 5.82 Å². The Hall–Kier alpha value is -1.38. The Bertz CT molecular complexity index is 402. The van der Waals surface area contributed by atoms with Gasteiger partial charge in [0.25, 0.3) is 0 Å². The molecular formula is C11H14N2O. The van der Waals surface area contributed by atoms with Gasteiger partial charge in [-0.15, -0.1) is 0 Å². The predicted molar refractivity (Wildman–Crippen MR) is 55.0 cm³/mol. The number of ketones is 1. The van der Waals surface area contributed by atoms with Crippen LogP contribution in [0.3, 0.4) is 0 Å². The molecule has 1 aromatic rings. The molecule has 3 nitrogen and oxygen atoms in total. The van der Waals surface area contributed by atoms with Crippen molar-refractivity contribution in [3.05, 3.63) is 23.3 Å². The van der Waals surface area contributed by atoms with E-state index in [2.05, 4.69) is 9.55 Å². The number of fused-ring (bicyclic) bond motifs is 1. The summed E-state index contributed by atoms with van der Waals surface area (Å²) in [5.41, 5.74) is 2.25. The SMILES string of the molecule is CC(=O)/C=C/c1nc(C)n2c1CCC2. The first-order valence-corrected chi connectivity index (χ1v) is 4.93. The highest BCUT2D eigenvalue weighted by atomic mass is 16.1. The molecule has 3 heteroatoms. The summed E-state index contributed by atoms with van der Waals surface area (Å²) in [7, 11) is 0. The number of rotatable bonds is 2. The highest BCUT2D eigenvalue weighted by Crippen LogP contribution is 2.21. The van der Waals surface area contributed by atoms with Crippen LogP contribution in [0.4, 0.5) is 0 Å². The quantitative estimate of drug-likeness (QED) is 0.666. The van der Waals surface area contributed by atoms with E-state index in [-0.39, 0.29) is 5.78 Å². The molecule has 0 atom stereocenters. The van der Waals surface area contributed by atoms with Gasteiger partial charge in [0.2, 0.25) is 0 Å². The van der Waals surface area contributed by atoms with E-state index in [1.165, 1.54) is 12.1 Å². The second-order valence-electron chi connectivity index (χ2n) is 3.69. The summed E-state index contributed by atoms with van der Waals surface area (Å²) in [5, 5.41) is 0. The lowest BCUT2D eigenvalue weighted by atomic mass is 10.2. The van der Waals surface area contributed by atoms with Crippen LogP contribution in [-0.4, -0.2) is 15.3 Å². The third-order valence-electron chi connectivity index (χ3n) is 2.57. The fraction of sp³-hybridized carbons (Fsp3) is 0.455. The van der Waals surface area contributed by atoms with Gasteiger partial charge in [-0.25, -0.2) is 4.98 Å². The van der Waals surface area contributed by atoms with Gasteiger partial charge in [0.15, 0.2) is 5.78 Å². The number of carbonyl (C=O) groups excluding carboxylic acids is 1. The second kappa shape index (κ2) is 3.40. The lowest BCUT2D eigenvalue weighted by Crippen LogP contribution is -1.94. The number of allylic oxidation sites excluding steroid dienone is 1. The Labute approximate surface area is 83.5 Å². The van der Waals surface area contributed by atoms with Crippen LogP contribution in [0.5, 0.6) is 0 Å². The molecule has 0 amide bonds. The van der Waals surface area contributed by atoms with E-state index in [0.717, 1.165) is 24.5 Å². The van der Waals surface area contributed by atoms with Crippen molar-refractivity contribution in [2.45, 2.75) is 33.2 Å².